The summed E-state index contributed by atoms with van der Waals surface area (Å²) >= 11 is 5.95. The normalized spacial score (nSPS) is 17.3. The number of aromatic nitrogens is 5. The average molecular weight is 295 g/mol. The van der Waals surface area contributed by atoms with Crippen LogP contribution in [0.5, 0.6) is 0 Å². The molecule has 3 rings (SSSR count). The van der Waals surface area contributed by atoms with Gasteiger partial charge in [0.15, 0.2) is 0 Å². The Morgan fingerprint density at radius 3 is 2.65 bits per heavy atom. The molecule has 1 aliphatic heterocycles. The Hall–Kier alpha value is -1.77. The van der Waals surface area contributed by atoms with Crippen molar-refractivity contribution < 1.29 is 0 Å². The smallest absolute Gasteiger partial charge is 0.243 e. The van der Waals surface area contributed by atoms with Crippen LogP contribution in [0.15, 0.2) is 18.7 Å². The molecular formula is C11H15ClN8. The fraction of sp³-hybridized carbons (Fsp3) is 0.455. The second-order valence-corrected chi connectivity index (χ2v) is 4.94. The van der Waals surface area contributed by atoms with Gasteiger partial charge in [-0.25, -0.2) is 9.99 Å². The van der Waals surface area contributed by atoms with Gasteiger partial charge in [0.05, 0.1) is 0 Å². The first-order valence-corrected chi connectivity index (χ1v) is 6.68. The first-order chi connectivity index (χ1) is 9.70. The number of hydrazine groups is 1. The van der Waals surface area contributed by atoms with Crippen molar-refractivity contribution >= 4 is 17.5 Å². The van der Waals surface area contributed by atoms with Crippen molar-refractivity contribution in [2.75, 3.05) is 38.7 Å². The summed E-state index contributed by atoms with van der Waals surface area (Å²) in [7, 11) is 2.11. The van der Waals surface area contributed by atoms with Crippen LogP contribution in [0.4, 0.5) is 5.95 Å². The zero-order valence-corrected chi connectivity index (χ0v) is 11.8. The van der Waals surface area contributed by atoms with Crippen LogP contribution in [0.1, 0.15) is 0 Å². The molecule has 1 N–H and O–H groups in total. The van der Waals surface area contributed by atoms with Crippen LogP contribution in [0.3, 0.4) is 0 Å². The van der Waals surface area contributed by atoms with Gasteiger partial charge in [-0.15, -0.1) is 0 Å². The summed E-state index contributed by atoms with van der Waals surface area (Å²) in [6.45, 7) is 3.81. The van der Waals surface area contributed by atoms with Gasteiger partial charge in [-0.05, 0) is 18.6 Å². The Bertz CT molecular complexity index is 564. The van der Waals surface area contributed by atoms with E-state index in [0.717, 1.165) is 26.2 Å². The second kappa shape index (κ2) is 5.70. The number of hydrogen-bond donors (Lipinski definition) is 1. The predicted octanol–water partition coefficient (Wildman–Crippen LogP) is 0.285. The van der Waals surface area contributed by atoms with E-state index in [2.05, 4.69) is 42.3 Å². The molecule has 2 aromatic rings. The molecule has 1 aliphatic rings. The number of likely N-dealkylation sites (N-methyl/N-ethyl adjacent to an activating group) is 1. The van der Waals surface area contributed by atoms with E-state index < -0.39 is 0 Å². The molecule has 9 heteroatoms. The van der Waals surface area contributed by atoms with Gasteiger partial charge in [0.25, 0.3) is 0 Å². The maximum absolute atomic E-state index is 5.95. The maximum Gasteiger partial charge on any atom is 0.243 e. The summed E-state index contributed by atoms with van der Waals surface area (Å²) in [5.41, 5.74) is 3.17. The van der Waals surface area contributed by atoms with Crippen molar-refractivity contribution in [3.8, 4) is 5.95 Å². The van der Waals surface area contributed by atoms with E-state index in [1.807, 2.05) is 0 Å². The fourth-order valence-corrected chi connectivity index (χ4v) is 2.10. The molecule has 0 aromatic carbocycles. The lowest BCUT2D eigenvalue weighted by Gasteiger charge is -2.32. The van der Waals surface area contributed by atoms with Crippen LogP contribution >= 0.6 is 11.6 Å². The van der Waals surface area contributed by atoms with E-state index in [9.17, 15) is 0 Å². The van der Waals surface area contributed by atoms with Crippen LogP contribution in [-0.2, 0) is 0 Å². The molecule has 20 heavy (non-hydrogen) atoms. The molecule has 8 nitrogen and oxygen atoms in total. The van der Waals surface area contributed by atoms with Crippen molar-refractivity contribution in [3.05, 3.63) is 24.0 Å². The van der Waals surface area contributed by atoms with Crippen molar-refractivity contribution in [2.45, 2.75) is 0 Å². The lowest BCUT2D eigenvalue weighted by molar-refractivity contribution is 0.178. The minimum atomic E-state index is 0.153. The van der Waals surface area contributed by atoms with E-state index in [1.54, 1.807) is 23.3 Å². The topological polar surface area (TPSA) is 75.0 Å². The minimum absolute atomic E-state index is 0.153. The molecule has 0 unspecified atom stereocenters. The van der Waals surface area contributed by atoms with E-state index in [-0.39, 0.29) is 5.28 Å². The molecular weight excluding hydrogens is 280 g/mol. The van der Waals surface area contributed by atoms with Gasteiger partial charge in [-0.2, -0.15) is 15.0 Å². The zero-order chi connectivity index (χ0) is 13.9. The van der Waals surface area contributed by atoms with Gasteiger partial charge in [0, 0.05) is 38.6 Å². The third kappa shape index (κ3) is 3.03. The third-order valence-corrected chi connectivity index (χ3v) is 3.26. The van der Waals surface area contributed by atoms with Crippen LogP contribution in [0, 0.1) is 0 Å². The largest absolute Gasteiger partial charge is 0.304 e. The van der Waals surface area contributed by atoms with Gasteiger partial charge < -0.3 is 4.90 Å². The number of imidazole rings is 1. The lowest BCUT2D eigenvalue weighted by Crippen LogP contribution is -2.47. The standard InChI is InChI=1S/C11H15ClN8/c1-18-4-6-20(7-5-18)17-10-14-9(12)15-11(16-10)19-3-2-13-8-19/h2-3,8H,4-7H2,1H3,(H,14,15,16,17). The molecule has 106 valence electrons. The molecule has 3 heterocycles. The molecule has 0 atom stereocenters. The molecule has 0 bridgehead atoms. The second-order valence-electron chi connectivity index (χ2n) is 4.60. The number of piperazine rings is 1. The summed E-state index contributed by atoms with van der Waals surface area (Å²) in [6, 6.07) is 0. The molecule has 0 aliphatic carbocycles. The number of nitrogens with one attached hydrogen (secondary N) is 1. The van der Waals surface area contributed by atoms with E-state index in [1.165, 1.54) is 0 Å². The highest BCUT2D eigenvalue weighted by molar-refractivity contribution is 6.28. The number of anilines is 1. The number of nitrogens with zero attached hydrogens (tertiary/aromatic N) is 7. The Kier molecular flexibility index (Phi) is 3.77. The Morgan fingerprint density at radius 1 is 1.15 bits per heavy atom. The molecule has 1 fully saturated rings. The quantitative estimate of drug-likeness (QED) is 0.872. The average Bonchev–Trinajstić information content (AvgIpc) is 2.95. The van der Waals surface area contributed by atoms with Gasteiger partial charge >= 0.3 is 0 Å². The number of rotatable bonds is 3. The van der Waals surface area contributed by atoms with Crippen molar-refractivity contribution in [1.82, 2.24) is 34.4 Å². The summed E-state index contributed by atoms with van der Waals surface area (Å²) in [5.74, 6) is 0.886. The Morgan fingerprint density at radius 2 is 1.95 bits per heavy atom. The molecule has 0 radical (unpaired) electrons. The van der Waals surface area contributed by atoms with Crippen molar-refractivity contribution in [1.29, 1.82) is 0 Å². The molecule has 2 aromatic heterocycles. The highest BCUT2D eigenvalue weighted by Crippen LogP contribution is 2.10. The predicted molar refractivity (Wildman–Crippen MR) is 74.7 cm³/mol. The van der Waals surface area contributed by atoms with E-state index in [4.69, 9.17) is 11.6 Å². The summed E-state index contributed by atoms with van der Waals surface area (Å²) < 4.78 is 1.68. The monoisotopic (exact) mass is 294 g/mol. The molecule has 0 saturated carbocycles. The van der Waals surface area contributed by atoms with Gasteiger partial charge in [0.1, 0.15) is 6.33 Å². The van der Waals surface area contributed by atoms with Crippen LogP contribution in [0.25, 0.3) is 5.95 Å². The molecule has 1 saturated heterocycles. The van der Waals surface area contributed by atoms with Gasteiger partial charge in [-0.3, -0.25) is 9.99 Å². The van der Waals surface area contributed by atoms with Crippen LogP contribution in [0.2, 0.25) is 5.28 Å². The summed E-state index contributed by atoms with van der Waals surface area (Å²) in [5, 5.41) is 2.23. The maximum atomic E-state index is 5.95. The van der Waals surface area contributed by atoms with Crippen LogP contribution in [-0.4, -0.2) is 67.6 Å². The van der Waals surface area contributed by atoms with Crippen LogP contribution < -0.4 is 5.43 Å². The Labute approximate surface area is 121 Å². The van der Waals surface area contributed by atoms with E-state index in [0.29, 0.717) is 11.9 Å². The minimum Gasteiger partial charge on any atom is -0.304 e. The third-order valence-electron chi connectivity index (χ3n) is 3.09. The van der Waals surface area contributed by atoms with Crippen molar-refractivity contribution in [2.24, 2.45) is 0 Å². The number of hydrogen-bond acceptors (Lipinski definition) is 7. The highest BCUT2D eigenvalue weighted by atomic mass is 35.5. The molecule has 0 spiro atoms. The lowest BCUT2D eigenvalue weighted by atomic mass is 10.4. The van der Waals surface area contributed by atoms with Crippen molar-refractivity contribution in [3.63, 3.8) is 0 Å². The first-order valence-electron chi connectivity index (χ1n) is 6.31. The Balaban J connectivity index is 1.76. The van der Waals surface area contributed by atoms with Gasteiger partial charge in [0.2, 0.25) is 17.2 Å². The van der Waals surface area contributed by atoms with Gasteiger partial charge in [-0.1, -0.05) is 0 Å². The zero-order valence-electron chi connectivity index (χ0n) is 11.1. The SMILES string of the molecule is CN1CCN(Nc2nc(Cl)nc(-n3ccnc3)n2)CC1. The fourth-order valence-electron chi connectivity index (χ4n) is 1.94. The number of halogens is 1. The summed E-state index contributed by atoms with van der Waals surface area (Å²) in [4.78, 5) is 18.8. The first kappa shape index (κ1) is 13.2. The van der Waals surface area contributed by atoms with E-state index >= 15 is 0 Å². The highest BCUT2D eigenvalue weighted by Gasteiger charge is 2.15. The summed E-state index contributed by atoms with van der Waals surface area (Å²) in [6.07, 6.45) is 5.03. The molecule has 0 amide bonds.